The lowest BCUT2D eigenvalue weighted by atomic mass is 10.1. The van der Waals surface area contributed by atoms with Crippen LogP contribution >= 0.6 is 11.6 Å². The SMILES string of the molecule is C=CCNc1ccnc(NCCc2ccc(Cl)cc2)n1. The molecule has 0 aliphatic carbocycles. The summed E-state index contributed by atoms with van der Waals surface area (Å²) in [4.78, 5) is 8.54. The standard InChI is InChI=1S/C15H17ClN4/c1-2-9-17-14-8-11-19-15(20-14)18-10-7-12-3-5-13(16)6-4-12/h2-6,8,11H,1,7,9-10H2,(H2,17,18,19,20). The summed E-state index contributed by atoms with van der Waals surface area (Å²) in [5.41, 5.74) is 1.22. The number of benzene rings is 1. The maximum atomic E-state index is 5.85. The van der Waals surface area contributed by atoms with Gasteiger partial charge in [-0.05, 0) is 30.2 Å². The van der Waals surface area contributed by atoms with Gasteiger partial charge in [-0.25, -0.2) is 4.98 Å². The lowest BCUT2D eigenvalue weighted by molar-refractivity contribution is 0.983. The Morgan fingerprint density at radius 3 is 2.70 bits per heavy atom. The molecule has 0 fully saturated rings. The van der Waals surface area contributed by atoms with E-state index in [-0.39, 0.29) is 0 Å². The van der Waals surface area contributed by atoms with E-state index in [1.165, 1.54) is 5.56 Å². The Kier molecular flexibility index (Phi) is 5.38. The Morgan fingerprint density at radius 1 is 1.15 bits per heavy atom. The average Bonchev–Trinajstić information content (AvgIpc) is 2.48. The van der Waals surface area contributed by atoms with E-state index >= 15 is 0 Å². The summed E-state index contributed by atoms with van der Waals surface area (Å²) in [6, 6.07) is 9.66. The first kappa shape index (κ1) is 14.3. The van der Waals surface area contributed by atoms with Crippen molar-refractivity contribution in [3.05, 3.63) is 59.8 Å². The van der Waals surface area contributed by atoms with Crippen LogP contribution in [0.25, 0.3) is 0 Å². The number of halogens is 1. The van der Waals surface area contributed by atoms with Crippen LogP contribution in [-0.4, -0.2) is 23.1 Å². The third kappa shape index (κ3) is 4.55. The first-order valence-electron chi connectivity index (χ1n) is 6.44. The average molecular weight is 289 g/mol. The molecule has 2 rings (SSSR count). The van der Waals surface area contributed by atoms with Crippen molar-refractivity contribution in [2.45, 2.75) is 6.42 Å². The summed E-state index contributed by atoms with van der Waals surface area (Å²) in [7, 11) is 0. The molecule has 104 valence electrons. The van der Waals surface area contributed by atoms with Crippen molar-refractivity contribution < 1.29 is 0 Å². The zero-order valence-electron chi connectivity index (χ0n) is 11.1. The molecule has 0 amide bonds. The summed E-state index contributed by atoms with van der Waals surface area (Å²) in [6.07, 6.45) is 4.41. The van der Waals surface area contributed by atoms with Crippen molar-refractivity contribution in [3.63, 3.8) is 0 Å². The van der Waals surface area contributed by atoms with Crippen LogP contribution in [0, 0.1) is 0 Å². The summed E-state index contributed by atoms with van der Waals surface area (Å²) in [5, 5.41) is 7.08. The van der Waals surface area contributed by atoms with Crippen molar-refractivity contribution in [2.24, 2.45) is 0 Å². The molecule has 0 saturated heterocycles. The van der Waals surface area contributed by atoms with E-state index in [0.29, 0.717) is 12.5 Å². The van der Waals surface area contributed by atoms with Crippen molar-refractivity contribution >= 4 is 23.4 Å². The van der Waals surface area contributed by atoms with Gasteiger partial charge in [0.1, 0.15) is 5.82 Å². The minimum absolute atomic E-state index is 0.619. The van der Waals surface area contributed by atoms with Gasteiger partial charge >= 0.3 is 0 Å². The fourth-order valence-electron chi connectivity index (χ4n) is 1.69. The third-order valence-electron chi connectivity index (χ3n) is 2.69. The number of hydrogen-bond donors (Lipinski definition) is 2. The van der Waals surface area contributed by atoms with Crippen LogP contribution in [0.4, 0.5) is 11.8 Å². The Balaban J connectivity index is 1.84. The molecule has 2 N–H and O–H groups in total. The van der Waals surface area contributed by atoms with E-state index < -0.39 is 0 Å². The number of hydrogen-bond acceptors (Lipinski definition) is 4. The lowest BCUT2D eigenvalue weighted by Crippen LogP contribution is -2.09. The monoisotopic (exact) mass is 288 g/mol. The Hall–Kier alpha value is -2.07. The molecule has 0 bridgehead atoms. The van der Waals surface area contributed by atoms with Gasteiger partial charge < -0.3 is 10.6 Å². The summed E-state index contributed by atoms with van der Waals surface area (Å²) in [5.74, 6) is 1.40. The van der Waals surface area contributed by atoms with Gasteiger partial charge in [0.15, 0.2) is 0 Å². The van der Waals surface area contributed by atoms with Crippen LogP contribution in [-0.2, 0) is 6.42 Å². The number of rotatable bonds is 7. The summed E-state index contributed by atoms with van der Waals surface area (Å²) in [6.45, 7) is 5.11. The number of aromatic nitrogens is 2. The molecule has 4 nitrogen and oxygen atoms in total. The van der Waals surface area contributed by atoms with Gasteiger partial charge in [0.2, 0.25) is 5.95 Å². The minimum atomic E-state index is 0.619. The van der Waals surface area contributed by atoms with Gasteiger partial charge in [0.05, 0.1) is 0 Å². The molecule has 0 unspecified atom stereocenters. The maximum absolute atomic E-state index is 5.85. The second kappa shape index (κ2) is 7.50. The number of anilines is 2. The van der Waals surface area contributed by atoms with Gasteiger partial charge in [0, 0.05) is 24.3 Å². The van der Waals surface area contributed by atoms with E-state index in [4.69, 9.17) is 11.6 Å². The van der Waals surface area contributed by atoms with E-state index in [1.54, 1.807) is 12.3 Å². The maximum Gasteiger partial charge on any atom is 0.224 e. The van der Waals surface area contributed by atoms with Crippen LogP contribution in [0.15, 0.2) is 49.2 Å². The molecular formula is C15H17ClN4. The van der Waals surface area contributed by atoms with Crippen molar-refractivity contribution in [1.29, 1.82) is 0 Å². The smallest absolute Gasteiger partial charge is 0.224 e. The van der Waals surface area contributed by atoms with Crippen LogP contribution in [0.3, 0.4) is 0 Å². The Morgan fingerprint density at radius 2 is 1.95 bits per heavy atom. The highest BCUT2D eigenvalue weighted by molar-refractivity contribution is 6.30. The second-order valence-electron chi connectivity index (χ2n) is 4.24. The molecule has 1 aromatic carbocycles. The van der Waals surface area contributed by atoms with Crippen LogP contribution < -0.4 is 10.6 Å². The van der Waals surface area contributed by atoms with Crippen molar-refractivity contribution in [3.8, 4) is 0 Å². The van der Waals surface area contributed by atoms with Gasteiger partial charge in [-0.3, -0.25) is 0 Å². The highest BCUT2D eigenvalue weighted by Gasteiger charge is 1.98. The Labute approximate surface area is 123 Å². The molecule has 0 atom stereocenters. The quantitative estimate of drug-likeness (QED) is 0.767. The van der Waals surface area contributed by atoms with E-state index in [0.717, 1.165) is 23.8 Å². The highest BCUT2D eigenvalue weighted by Crippen LogP contribution is 2.10. The Bertz CT molecular complexity index is 554. The predicted molar refractivity (Wildman–Crippen MR) is 84.4 cm³/mol. The van der Waals surface area contributed by atoms with Gasteiger partial charge in [0.25, 0.3) is 0 Å². The summed E-state index contributed by atoms with van der Waals surface area (Å²) >= 11 is 5.85. The predicted octanol–water partition coefficient (Wildman–Crippen LogP) is 3.38. The number of nitrogens with one attached hydrogen (secondary N) is 2. The molecule has 0 aliphatic heterocycles. The van der Waals surface area contributed by atoms with Gasteiger partial charge in [-0.15, -0.1) is 6.58 Å². The highest BCUT2D eigenvalue weighted by atomic mass is 35.5. The molecule has 0 aliphatic rings. The van der Waals surface area contributed by atoms with E-state index in [9.17, 15) is 0 Å². The van der Waals surface area contributed by atoms with Crippen molar-refractivity contribution in [1.82, 2.24) is 9.97 Å². The molecule has 1 aromatic heterocycles. The van der Waals surface area contributed by atoms with E-state index in [1.807, 2.05) is 30.3 Å². The zero-order valence-corrected chi connectivity index (χ0v) is 11.9. The zero-order chi connectivity index (χ0) is 14.2. The molecule has 2 aromatic rings. The fourth-order valence-corrected chi connectivity index (χ4v) is 1.81. The molecule has 0 spiro atoms. The molecule has 1 heterocycles. The largest absolute Gasteiger partial charge is 0.366 e. The second-order valence-corrected chi connectivity index (χ2v) is 4.67. The minimum Gasteiger partial charge on any atom is -0.366 e. The fraction of sp³-hybridized carbons (Fsp3) is 0.200. The summed E-state index contributed by atoms with van der Waals surface area (Å²) < 4.78 is 0. The number of nitrogens with zero attached hydrogens (tertiary/aromatic N) is 2. The first-order chi connectivity index (χ1) is 9.78. The molecule has 0 radical (unpaired) electrons. The molecule has 5 heteroatoms. The first-order valence-corrected chi connectivity index (χ1v) is 6.82. The topological polar surface area (TPSA) is 49.8 Å². The van der Waals surface area contributed by atoms with Gasteiger partial charge in [-0.2, -0.15) is 4.98 Å². The van der Waals surface area contributed by atoms with Crippen molar-refractivity contribution in [2.75, 3.05) is 23.7 Å². The van der Waals surface area contributed by atoms with Crippen LogP contribution in [0.5, 0.6) is 0 Å². The lowest BCUT2D eigenvalue weighted by Gasteiger charge is -2.07. The normalized spacial score (nSPS) is 10.1. The van der Waals surface area contributed by atoms with Gasteiger partial charge in [-0.1, -0.05) is 29.8 Å². The third-order valence-corrected chi connectivity index (χ3v) is 2.95. The van der Waals surface area contributed by atoms with Crippen LogP contribution in [0.2, 0.25) is 5.02 Å². The molecule has 0 saturated carbocycles. The molecular weight excluding hydrogens is 272 g/mol. The molecule has 20 heavy (non-hydrogen) atoms. The van der Waals surface area contributed by atoms with E-state index in [2.05, 4.69) is 27.2 Å². The van der Waals surface area contributed by atoms with Crippen LogP contribution in [0.1, 0.15) is 5.56 Å².